The summed E-state index contributed by atoms with van der Waals surface area (Å²) in [6.45, 7) is 0. The average Bonchev–Trinajstić information content (AvgIpc) is 2.88. The van der Waals surface area contributed by atoms with E-state index in [9.17, 15) is 0 Å². The van der Waals surface area contributed by atoms with Crippen LogP contribution in [0.4, 0.5) is 34.1 Å². The maximum Gasteiger partial charge on any atom is 0.590 e. The summed E-state index contributed by atoms with van der Waals surface area (Å²) in [5, 5.41) is 10.5. The Bertz CT molecular complexity index is 1390. The molecule has 3 heterocycles. The Hall–Kier alpha value is -4.32. The molecule has 4 aromatic rings. The molecule has 0 saturated carbocycles. The van der Waals surface area contributed by atoms with Gasteiger partial charge in [0.15, 0.2) is 11.4 Å². The molecule has 7 rings (SSSR count). The van der Waals surface area contributed by atoms with Crippen molar-refractivity contribution >= 4 is 34.1 Å². The average molecular weight is 445 g/mol. The first-order valence-corrected chi connectivity index (χ1v) is 11.5. The van der Waals surface area contributed by atoms with Crippen LogP contribution in [0.5, 0.6) is 0 Å². The minimum Gasteiger partial charge on any atom is -0.228 e. The summed E-state index contributed by atoms with van der Waals surface area (Å²) in [6.07, 6.45) is 0.875. The number of azo groups is 4. The van der Waals surface area contributed by atoms with Crippen molar-refractivity contribution in [3.8, 4) is 0 Å². The Kier molecular flexibility index (Phi) is 3.86. The lowest BCUT2D eigenvalue weighted by Gasteiger charge is -2.41. The Morgan fingerprint density at radius 1 is 0.618 bits per heavy atom. The molecule has 3 aliphatic heterocycles. The molecular weight excluding hydrogens is 420 g/mol. The number of hydrogen-bond acceptors (Lipinski definition) is 4. The molecule has 0 atom stereocenters. The number of hydrogen-bond donors (Lipinski definition) is 0. The van der Waals surface area contributed by atoms with Gasteiger partial charge in [0.2, 0.25) is 11.4 Å². The van der Waals surface area contributed by atoms with Crippen molar-refractivity contribution in [2.45, 2.75) is 12.3 Å². The molecule has 0 saturated heterocycles. The van der Waals surface area contributed by atoms with Gasteiger partial charge < -0.3 is 0 Å². The first kappa shape index (κ1) is 19.2. The largest absolute Gasteiger partial charge is 0.590 e. The van der Waals surface area contributed by atoms with Crippen LogP contribution in [0, 0.1) is 0 Å². The molecule has 4 aromatic carbocycles. The van der Waals surface area contributed by atoms with Gasteiger partial charge in [-0.2, -0.15) is 0 Å². The second-order valence-corrected chi connectivity index (χ2v) is 9.04. The molecule has 3 aliphatic rings. The summed E-state index contributed by atoms with van der Waals surface area (Å²) >= 11 is 0. The molecule has 6 nitrogen and oxygen atoms in total. The zero-order valence-electron chi connectivity index (χ0n) is 19.1. The molecule has 5 bridgehead atoms. The van der Waals surface area contributed by atoms with Crippen molar-refractivity contribution in [1.29, 1.82) is 0 Å². The SMILES string of the molecule is CN1c2cc3ccc2N=[N+](c2ccccc2)C12N(C)c1cc(ccc1N=[N+]2c1ccccc1)C3. The van der Waals surface area contributed by atoms with E-state index in [0.29, 0.717) is 0 Å². The van der Waals surface area contributed by atoms with Crippen molar-refractivity contribution < 1.29 is 9.39 Å². The number of rotatable bonds is 2. The van der Waals surface area contributed by atoms with Crippen LogP contribution in [-0.4, -0.2) is 29.4 Å². The lowest BCUT2D eigenvalue weighted by atomic mass is 9.99. The van der Waals surface area contributed by atoms with Gasteiger partial charge >= 0.3 is 5.91 Å². The second-order valence-electron chi connectivity index (χ2n) is 9.04. The first-order chi connectivity index (χ1) is 16.7. The van der Waals surface area contributed by atoms with Crippen molar-refractivity contribution in [1.82, 2.24) is 0 Å². The highest BCUT2D eigenvalue weighted by Crippen LogP contribution is 2.51. The van der Waals surface area contributed by atoms with Gasteiger partial charge in [-0.25, -0.2) is 9.80 Å². The van der Waals surface area contributed by atoms with Gasteiger partial charge in [0.1, 0.15) is 0 Å². The van der Waals surface area contributed by atoms with E-state index in [1.165, 1.54) is 11.1 Å². The normalized spacial score (nSPS) is 16.9. The van der Waals surface area contributed by atoms with E-state index in [1.54, 1.807) is 0 Å². The molecule has 6 heteroatoms. The smallest absolute Gasteiger partial charge is 0.228 e. The highest BCUT2D eigenvalue weighted by molar-refractivity contribution is 5.74. The number of para-hydroxylation sites is 2. The minimum absolute atomic E-state index is 0.875. The van der Waals surface area contributed by atoms with E-state index in [2.05, 4.69) is 118 Å². The highest BCUT2D eigenvalue weighted by Gasteiger charge is 2.70. The number of fused-ring (bicyclic) bond motifs is 2. The van der Waals surface area contributed by atoms with E-state index in [-0.39, 0.29) is 0 Å². The van der Waals surface area contributed by atoms with Crippen LogP contribution in [0.1, 0.15) is 11.1 Å². The maximum absolute atomic E-state index is 5.25. The zero-order valence-corrected chi connectivity index (χ0v) is 19.1. The molecule has 0 radical (unpaired) electrons. The van der Waals surface area contributed by atoms with Crippen LogP contribution in [0.2, 0.25) is 0 Å². The third-order valence-corrected chi connectivity index (χ3v) is 7.10. The fourth-order valence-electron chi connectivity index (χ4n) is 5.46. The summed E-state index contributed by atoms with van der Waals surface area (Å²) in [6, 6.07) is 33.9. The van der Waals surface area contributed by atoms with Crippen molar-refractivity contribution in [2.24, 2.45) is 10.2 Å². The van der Waals surface area contributed by atoms with Crippen molar-refractivity contribution in [3.05, 3.63) is 108 Å². The molecule has 0 amide bonds. The van der Waals surface area contributed by atoms with E-state index in [4.69, 9.17) is 10.2 Å². The predicted octanol–water partition coefficient (Wildman–Crippen LogP) is 6.66. The van der Waals surface area contributed by atoms with E-state index in [0.717, 1.165) is 40.5 Å². The van der Waals surface area contributed by atoms with Gasteiger partial charge in [0, 0.05) is 58.0 Å². The zero-order chi connectivity index (χ0) is 22.9. The van der Waals surface area contributed by atoms with Gasteiger partial charge in [-0.1, -0.05) is 48.5 Å². The van der Waals surface area contributed by atoms with Crippen LogP contribution in [0.3, 0.4) is 0 Å². The molecule has 1 spiro atoms. The Morgan fingerprint density at radius 3 is 1.50 bits per heavy atom. The Balaban J connectivity index is 1.66. The number of anilines is 2. The summed E-state index contributed by atoms with van der Waals surface area (Å²) in [5.41, 5.74) is 8.58. The molecule has 164 valence electrons. The van der Waals surface area contributed by atoms with Gasteiger partial charge in [0.05, 0.1) is 11.4 Å². The molecule has 0 aliphatic carbocycles. The lowest BCUT2D eigenvalue weighted by molar-refractivity contribution is -0.815. The monoisotopic (exact) mass is 444 g/mol. The first-order valence-electron chi connectivity index (χ1n) is 11.5. The maximum atomic E-state index is 5.25. The van der Waals surface area contributed by atoms with Crippen molar-refractivity contribution in [3.63, 3.8) is 0 Å². The molecule has 0 N–H and O–H groups in total. The van der Waals surface area contributed by atoms with Crippen LogP contribution in [-0.2, 0) is 6.42 Å². The summed E-state index contributed by atoms with van der Waals surface area (Å²) in [5.74, 6) is -0.878. The molecule has 34 heavy (non-hydrogen) atoms. The topological polar surface area (TPSA) is 37.2 Å². The summed E-state index contributed by atoms with van der Waals surface area (Å²) in [7, 11) is 4.29. The van der Waals surface area contributed by atoms with Crippen LogP contribution < -0.4 is 9.80 Å². The van der Waals surface area contributed by atoms with Gasteiger partial charge in [-0.3, -0.25) is 0 Å². The van der Waals surface area contributed by atoms with E-state index in [1.807, 2.05) is 12.1 Å². The Labute approximate surface area is 198 Å². The molecular formula is C28H24N6+2. The number of benzene rings is 4. The minimum atomic E-state index is -0.878. The quantitative estimate of drug-likeness (QED) is 0.324. The van der Waals surface area contributed by atoms with E-state index < -0.39 is 5.91 Å². The van der Waals surface area contributed by atoms with Crippen LogP contribution in [0.25, 0.3) is 0 Å². The van der Waals surface area contributed by atoms with Gasteiger partial charge in [0.25, 0.3) is 0 Å². The van der Waals surface area contributed by atoms with Crippen LogP contribution in [0.15, 0.2) is 107 Å². The third-order valence-electron chi connectivity index (χ3n) is 7.10. The Morgan fingerprint density at radius 2 is 1.06 bits per heavy atom. The highest BCUT2D eigenvalue weighted by atomic mass is 15.7. The number of nitrogens with zero attached hydrogens (tertiary/aromatic N) is 6. The van der Waals surface area contributed by atoms with Crippen LogP contribution >= 0.6 is 0 Å². The predicted molar refractivity (Wildman–Crippen MR) is 132 cm³/mol. The lowest BCUT2D eigenvalue weighted by Crippen LogP contribution is -2.71. The van der Waals surface area contributed by atoms with Crippen molar-refractivity contribution in [2.75, 3.05) is 23.9 Å². The standard InChI is InChI=1S/C28H24N6/c1-31-26-18-20-13-15-24(26)29-33(22-9-5-3-6-10-22)28(31)32(2)27-19-21(17-20)14-16-25(27)30-34(28)23-11-7-4-8-12-23/h3-16,18-19H,17H2,1-2H3/q+2. The molecule has 0 unspecified atom stereocenters. The fourth-order valence-corrected chi connectivity index (χ4v) is 5.46. The molecule has 0 aromatic heterocycles. The molecule has 0 fully saturated rings. The second kappa shape index (κ2) is 6.84. The van der Waals surface area contributed by atoms with Gasteiger partial charge in [-0.15, -0.1) is 0 Å². The summed E-state index contributed by atoms with van der Waals surface area (Å²) in [4.78, 5) is 4.62. The van der Waals surface area contributed by atoms with Gasteiger partial charge in [-0.05, 0) is 41.8 Å². The summed E-state index contributed by atoms with van der Waals surface area (Å²) < 4.78 is 4.20. The third kappa shape index (κ3) is 2.45. The van der Waals surface area contributed by atoms with E-state index >= 15 is 0 Å². The fraction of sp³-hybridized carbons (Fsp3) is 0.143.